The Morgan fingerprint density at radius 1 is 1.36 bits per heavy atom. The molecule has 1 saturated carbocycles. The van der Waals surface area contributed by atoms with Crippen molar-refractivity contribution in [2.75, 3.05) is 6.54 Å². The van der Waals surface area contributed by atoms with Crippen molar-refractivity contribution in [3.05, 3.63) is 16.1 Å². The lowest BCUT2D eigenvalue weighted by atomic mass is 9.70. The van der Waals surface area contributed by atoms with E-state index in [1.54, 1.807) is 5.38 Å². The van der Waals surface area contributed by atoms with Crippen LogP contribution in [0.1, 0.15) is 62.0 Å². The van der Waals surface area contributed by atoms with Gasteiger partial charge in [-0.25, -0.2) is 9.78 Å². The molecule has 5 nitrogen and oxygen atoms in total. The quantitative estimate of drug-likeness (QED) is 0.909. The first-order valence-corrected chi connectivity index (χ1v) is 8.62. The lowest BCUT2D eigenvalue weighted by Gasteiger charge is -2.53. The molecule has 2 heterocycles. The minimum Gasteiger partial charge on any atom is -0.480 e. The van der Waals surface area contributed by atoms with E-state index < -0.39 is 12.0 Å². The molecule has 22 heavy (non-hydrogen) atoms. The van der Waals surface area contributed by atoms with Gasteiger partial charge < -0.3 is 10.0 Å². The summed E-state index contributed by atoms with van der Waals surface area (Å²) in [4.78, 5) is 30.2. The summed E-state index contributed by atoms with van der Waals surface area (Å²) in [5.41, 5.74) is 0.0931. The van der Waals surface area contributed by atoms with Crippen molar-refractivity contribution in [3.63, 3.8) is 0 Å². The highest BCUT2D eigenvalue weighted by atomic mass is 32.1. The highest BCUT2D eigenvalue weighted by Crippen LogP contribution is 2.51. The van der Waals surface area contributed by atoms with Gasteiger partial charge in [-0.05, 0) is 12.8 Å². The molecule has 0 radical (unpaired) electrons. The SMILES string of the molecule is CC(C)(C)c1nc(C(=O)N2CC3(CCCC3)C2C(=O)O)cs1. The normalized spacial score (nSPS) is 23.6. The van der Waals surface area contributed by atoms with E-state index >= 15 is 0 Å². The molecule has 3 rings (SSSR count). The van der Waals surface area contributed by atoms with E-state index in [1.807, 2.05) is 0 Å². The zero-order valence-corrected chi connectivity index (χ0v) is 14.1. The Labute approximate surface area is 134 Å². The van der Waals surface area contributed by atoms with Crippen molar-refractivity contribution in [1.29, 1.82) is 0 Å². The number of hydrogen-bond donors (Lipinski definition) is 1. The van der Waals surface area contributed by atoms with Crippen molar-refractivity contribution in [3.8, 4) is 0 Å². The molecular formula is C16H22N2O3S. The zero-order chi connectivity index (χ0) is 16.1. The molecule has 2 aliphatic rings. The largest absolute Gasteiger partial charge is 0.480 e. The standard InChI is InChI=1S/C16H22N2O3S/c1-15(2,3)14-17-10(8-22-14)12(19)18-9-16(6-4-5-7-16)11(18)13(20)21/h8,11H,4-7,9H2,1-3H3,(H,20,21). The zero-order valence-electron chi connectivity index (χ0n) is 13.3. The summed E-state index contributed by atoms with van der Waals surface area (Å²) < 4.78 is 0. The molecule has 1 aromatic heterocycles. The molecule has 120 valence electrons. The first kappa shape index (κ1) is 15.5. The summed E-state index contributed by atoms with van der Waals surface area (Å²) in [5.74, 6) is -1.12. The predicted octanol–water partition coefficient (Wildman–Crippen LogP) is 2.91. The number of amides is 1. The summed E-state index contributed by atoms with van der Waals surface area (Å²) in [6.45, 7) is 6.72. The van der Waals surface area contributed by atoms with Crippen LogP contribution in [0.15, 0.2) is 5.38 Å². The molecule has 1 aromatic rings. The maximum absolute atomic E-state index is 12.6. The summed E-state index contributed by atoms with van der Waals surface area (Å²) in [6.07, 6.45) is 3.96. The average Bonchev–Trinajstić information content (AvgIpc) is 3.04. The molecule has 1 atom stereocenters. The van der Waals surface area contributed by atoms with Crippen LogP contribution in [-0.4, -0.2) is 39.5 Å². The number of hydrogen-bond acceptors (Lipinski definition) is 4. The van der Waals surface area contributed by atoms with E-state index in [1.165, 1.54) is 16.2 Å². The summed E-state index contributed by atoms with van der Waals surface area (Å²) >= 11 is 1.46. The smallest absolute Gasteiger partial charge is 0.327 e. The van der Waals surface area contributed by atoms with E-state index in [-0.39, 0.29) is 16.7 Å². The van der Waals surface area contributed by atoms with Gasteiger partial charge >= 0.3 is 5.97 Å². The van der Waals surface area contributed by atoms with E-state index in [4.69, 9.17) is 0 Å². The number of carboxylic acids is 1. The van der Waals surface area contributed by atoms with E-state index in [0.29, 0.717) is 12.2 Å². The second-order valence-electron chi connectivity index (χ2n) is 7.53. The minimum absolute atomic E-state index is 0.100. The highest BCUT2D eigenvalue weighted by Gasteiger charge is 2.59. The Balaban J connectivity index is 1.81. The van der Waals surface area contributed by atoms with Crippen LogP contribution in [0.4, 0.5) is 0 Å². The number of likely N-dealkylation sites (tertiary alicyclic amines) is 1. The van der Waals surface area contributed by atoms with Crippen LogP contribution in [0.3, 0.4) is 0 Å². The van der Waals surface area contributed by atoms with E-state index in [0.717, 1.165) is 30.7 Å². The molecule has 1 spiro atoms. The van der Waals surface area contributed by atoms with Gasteiger partial charge in [-0.2, -0.15) is 0 Å². The van der Waals surface area contributed by atoms with Gasteiger partial charge in [-0.15, -0.1) is 11.3 Å². The molecule has 0 bridgehead atoms. The maximum Gasteiger partial charge on any atom is 0.327 e. The lowest BCUT2D eigenvalue weighted by molar-refractivity contribution is -0.159. The number of nitrogens with zero attached hydrogens (tertiary/aromatic N) is 2. The summed E-state index contributed by atoms with van der Waals surface area (Å²) in [5, 5.41) is 12.2. The van der Waals surface area contributed by atoms with Crippen LogP contribution < -0.4 is 0 Å². The van der Waals surface area contributed by atoms with Gasteiger partial charge in [0.2, 0.25) is 0 Å². The van der Waals surface area contributed by atoms with Gasteiger partial charge in [0.1, 0.15) is 11.7 Å². The van der Waals surface area contributed by atoms with Crippen molar-refractivity contribution in [1.82, 2.24) is 9.88 Å². The Morgan fingerprint density at radius 2 is 2.00 bits per heavy atom. The van der Waals surface area contributed by atoms with Gasteiger partial charge in [-0.3, -0.25) is 4.79 Å². The topological polar surface area (TPSA) is 70.5 Å². The number of carbonyl (C=O) groups excluding carboxylic acids is 1. The number of aromatic nitrogens is 1. The van der Waals surface area contributed by atoms with Crippen molar-refractivity contribution in [2.45, 2.75) is 57.9 Å². The molecule has 1 N–H and O–H groups in total. The number of carboxylic acid groups (broad SMARTS) is 1. The van der Waals surface area contributed by atoms with Crippen molar-refractivity contribution < 1.29 is 14.7 Å². The van der Waals surface area contributed by atoms with Crippen LogP contribution in [0.25, 0.3) is 0 Å². The Morgan fingerprint density at radius 3 is 2.50 bits per heavy atom. The number of aliphatic carboxylic acids is 1. The third-order valence-corrected chi connectivity index (χ3v) is 6.10. The molecule has 1 aliphatic heterocycles. The van der Waals surface area contributed by atoms with Crippen LogP contribution >= 0.6 is 11.3 Å². The van der Waals surface area contributed by atoms with Gasteiger partial charge in [0, 0.05) is 22.8 Å². The van der Waals surface area contributed by atoms with Gasteiger partial charge in [-0.1, -0.05) is 33.6 Å². The molecule has 1 aliphatic carbocycles. The van der Waals surface area contributed by atoms with Gasteiger partial charge in [0.15, 0.2) is 0 Å². The summed E-state index contributed by atoms with van der Waals surface area (Å²) in [7, 11) is 0. The number of carbonyl (C=O) groups is 2. The van der Waals surface area contributed by atoms with E-state index in [2.05, 4.69) is 25.8 Å². The maximum atomic E-state index is 12.6. The fourth-order valence-corrected chi connectivity index (χ4v) is 4.58. The number of thiazole rings is 1. The molecule has 1 amide bonds. The van der Waals surface area contributed by atoms with Crippen LogP contribution in [-0.2, 0) is 10.2 Å². The molecular weight excluding hydrogens is 300 g/mol. The Hall–Kier alpha value is -1.43. The predicted molar refractivity (Wildman–Crippen MR) is 84.2 cm³/mol. The molecule has 1 saturated heterocycles. The fraction of sp³-hybridized carbons (Fsp3) is 0.688. The highest BCUT2D eigenvalue weighted by molar-refractivity contribution is 7.10. The summed E-state index contributed by atoms with van der Waals surface area (Å²) in [6, 6.07) is -0.678. The average molecular weight is 322 g/mol. The molecule has 2 fully saturated rings. The fourth-order valence-electron chi connectivity index (χ4n) is 3.69. The lowest BCUT2D eigenvalue weighted by Crippen LogP contribution is -2.68. The molecule has 1 unspecified atom stereocenters. The van der Waals surface area contributed by atoms with E-state index in [9.17, 15) is 14.7 Å². The third kappa shape index (κ3) is 2.33. The third-order valence-electron chi connectivity index (χ3n) is 4.84. The monoisotopic (exact) mass is 322 g/mol. The van der Waals surface area contributed by atoms with Crippen LogP contribution in [0.5, 0.6) is 0 Å². The Kier molecular flexibility index (Phi) is 3.55. The van der Waals surface area contributed by atoms with Gasteiger partial charge in [0.05, 0.1) is 5.01 Å². The van der Waals surface area contributed by atoms with Gasteiger partial charge in [0.25, 0.3) is 5.91 Å². The minimum atomic E-state index is -0.882. The Bertz CT molecular complexity index is 611. The van der Waals surface area contributed by atoms with Crippen molar-refractivity contribution in [2.24, 2.45) is 5.41 Å². The molecule has 6 heteroatoms. The van der Waals surface area contributed by atoms with Crippen LogP contribution in [0, 0.1) is 5.41 Å². The first-order valence-electron chi connectivity index (χ1n) is 7.74. The second kappa shape index (κ2) is 5.05. The van der Waals surface area contributed by atoms with Crippen molar-refractivity contribution >= 4 is 23.2 Å². The first-order chi connectivity index (χ1) is 10.2. The second-order valence-corrected chi connectivity index (χ2v) is 8.39. The van der Waals surface area contributed by atoms with Crippen LogP contribution in [0.2, 0.25) is 0 Å². The number of rotatable bonds is 2. The molecule has 0 aromatic carbocycles.